The van der Waals surface area contributed by atoms with Crippen LogP contribution in [0.25, 0.3) is 0 Å². The summed E-state index contributed by atoms with van der Waals surface area (Å²) in [4.78, 5) is 14.1. The van der Waals surface area contributed by atoms with Crippen LogP contribution in [0.4, 0.5) is 4.79 Å². The molecule has 122 valence electrons. The summed E-state index contributed by atoms with van der Waals surface area (Å²) < 4.78 is 11.5. The first-order chi connectivity index (χ1) is 10.4. The zero-order valence-corrected chi connectivity index (χ0v) is 14.0. The Morgan fingerprint density at radius 3 is 2.55 bits per heavy atom. The van der Waals surface area contributed by atoms with E-state index < -0.39 is 5.60 Å². The van der Waals surface area contributed by atoms with Crippen molar-refractivity contribution in [2.24, 2.45) is 0 Å². The van der Waals surface area contributed by atoms with Gasteiger partial charge in [0.25, 0.3) is 0 Å². The fourth-order valence-corrected chi connectivity index (χ4v) is 2.83. The van der Waals surface area contributed by atoms with Crippen molar-refractivity contribution in [3.63, 3.8) is 0 Å². The van der Waals surface area contributed by atoms with Crippen molar-refractivity contribution in [3.05, 3.63) is 35.9 Å². The van der Waals surface area contributed by atoms with Crippen molar-refractivity contribution in [2.75, 3.05) is 6.54 Å². The lowest BCUT2D eigenvalue weighted by molar-refractivity contribution is -0.00495. The fourth-order valence-electron chi connectivity index (χ4n) is 2.83. The lowest BCUT2D eigenvalue weighted by Gasteiger charge is -2.30. The molecule has 0 radical (unpaired) electrons. The van der Waals surface area contributed by atoms with Crippen LogP contribution in [-0.4, -0.2) is 35.3 Å². The van der Waals surface area contributed by atoms with Crippen molar-refractivity contribution in [2.45, 2.75) is 64.9 Å². The van der Waals surface area contributed by atoms with Crippen LogP contribution in [0.1, 0.15) is 46.1 Å². The van der Waals surface area contributed by atoms with Crippen LogP contribution >= 0.6 is 0 Å². The number of rotatable bonds is 4. The van der Waals surface area contributed by atoms with Gasteiger partial charge >= 0.3 is 6.09 Å². The molecule has 1 aromatic rings. The van der Waals surface area contributed by atoms with E-state index in [1.165, 1.54) is 0 Å². The van der Waals surface area contributed by atoms with Crippen LogP contribution in [0.2, 0.25) is 0 Å². The molecular formula is C18H27NO3. The second-order valence-corrected chi connectivity index (χ2v) is 6.77. The summed E-state index contributed by atoms with van der Waals surface area (Å²) in [5, 5.41) is 0. The second kappa shape index (κ2) is 7.14. The van der Waals surface area contributed by atoms with Crippen LogP contribution in [0.5, 0.6) is 0 Å². The topological polar surface area (TPSA) is 38.8 Å². The molecule has 1 aliphatic heterocycles. The van der Waals surface area contributed by atoms with Gasteiger partial charge in [0.1, 0.15) is 5.60 Å². The molecule has 1 fully saturated rings. The number of benzene rings is 1. The molecule has 1 amide bonds. The van der Waals surface area contributed by atoms with E-state index >= 15 is 0 Å². The number of nitrogens with zero attached hydrogens (tertiary/aromatic N) is 1. The summed E-state index contributed by atoms with van der Waals surface area (Å²) in [6.07, 6.45) is 1.59. The van der Waals surface area contributed by atoms with Crippen LogP contribution in [0, 0.1) is 0 Å². The molecule has 1 heterocycles. The zero-order chi connectivity index (χ0) is 16.2. The van der Waals surface area contributed by atoms with E-state index in [9.17, 15) is 4.79 Å². The summed E-state index contributed by atoms with van der Waals surface area (Å²) in [6, 6.07) is 10.2. The van der Waals surface area contributed by atoms with Gasteiger partial charge in [-0.25, -0.2) is 4.79 Å². The quantitative estimate of drug-likeness (QED) is 0.844. The van der Waals surface area contributed by atoms with Crippen molar-refractivity contribution >= 4 is 6.09 Å². The molecule has 0 saturated carbocycles. The summed E-state index contributed by atoms with van der Waals surface area (Å²) >= 11 is 0. The van der Waals surface area contributed by atoms with E-state index in [4.69, 9.17) is 9.47 Å². The number of hydrogen-bond acceptors (Lipinski definition) is 3. The number of ether oxygens (including phenoxy) is 2. The molecule has 1 saturated heterocycles. The minimum absolute atomic E-state index is 0.0812. The first kappa shape index (κ1) is 16.8. The van der Waals surface area contributed by atoms with Gasteiger partial charge in [-0.2, -0.15) is 0 Å². The molecule has 1 aromatic carbocycles. The van der Waals surface area contributed by atoms with Gasteiger partial charge in [0.05, 0.1) is 18.8 Å². The van der Waals surface area contributed by atoms with E-state index in [2.05, 4.69) is 19.1 Å². The lowest BCUT2D eigenvalue weighted by Crippen LogP contribution is -2.42. The van der Waals surface area contributed by atoms with Gasteiger partial charge in [-0.3, -0.25) is 0 Å². The fraction of sp³-hybridized carbons (Fsp3) is 0.611. The Bertz CT molecular complexity index is 481. The first-order valence-electron chi connectivity index (χ1n) is 8.06. The predicted octanol–water partition coefficient (Wildman–Crippen LogP) is 3.99. The maximum absolute atomic E-state index is 12.3. The number of carbonyl (C=O) groups is 1. The van der Waals surface area contributed by atoms with Gasteiger partial charge < -0.3 is 14.4 Å². The van der Waals surface area contributed by atoms with Gasteiger partial charge in [0.15, 0.2) is 0 Å². The van der Waals surface area contributed by atoms with Crippen molar-refractivity contribution in [3.8, 4) is 0 Å². The molecule has 4 heteroatoms. The van der Waals surface area contributed by atoms with Crippen molar-refractivity contribution in [1.82, 2.24) is 4.90 Å². The number of hydrogen-bond donors (Lipinski definition) is 0. The van der Waals surface area contributed by atoms with Crippen LogP contribution in [0.15, 0.2) is 30.3 Å². The molecule has 22 heavy (non-hydrogen) atoms. The minimum atomic E-state index is -0.460. The Morgan fingerprint density at radius 1 is 1.27 bits per heavy atom. The first-order valence-corrected chi connectivity index (χ1v) is 8.06. The SMILES string of the molecule is CCC1C(OCc2ccccc2)CCN1C(=O)OC(C)(C)C. The summed E-state index contributed by atoms with van der Waals surface area (Å²) in [7, 11) is 0. The molecule has 4 nitrogen and oxygen atoms in total. The molecular weight excluding hydrogens is 278 g/mol. The van der Waals surface area contributed by atoms with E-state index in [1.54, 1.807) is 0 Å². The molecule has 2 rings (SSSR count). The van der Waals surface area contributed by atoms with Gasteiger partial charge in [0.2, 0.25) is 0 Å². The highest BCUT2D eigenvalue weighted by Crippen LogP contribution is 2.26. The average Bonchev–Trinajstić information content (AvgIpc) is 2.87. The standard InChI is InChI=1S/C18H27NO3/c1-5-15-16(21-13-14-9-7-6-8-10-14)11-12-19(15)17(20)22-18(2,3)4/h6-10,15-16H,5,11-13H2,1-4H3. The van der Waals surface area contributed by atoms with E-state index in [1.807, 2.05) is 43.9 Å². The van der Waals surface area contributed by atoms with E-state index in [0.29, 0.717) is 13.2 Å². The Morgan fingerprint density at radius 2 is 1.95 bits per heavy atom. The smallest absolute Gasteiger partial charge is 0.410 e. The zero-order valence-electron chi connectivity index (χ0n) is 14.0. The maximum atomic E-state index is 12.3. The van der Waals surface area contributed by atoms with Crippen LogP contribution < -0.4 is 0 Å². The third-order valence-corrected chi connectivity index (χ3v) is 3.84. The van der Waals surface area contributed by atoms with E-state index in [0.717, 1.165) is 18.4 Å². The highest BCUT2D eigenvalue weighted by molar-refractivity contribution is 5.69. The van der Waals surface area contributed by atoms with E-state index in [-0.39, 0.29) is 18.2 Å². The normalized spacial score (nSPS) is 21.9. The highest BCUT2D eigenvalue weighted by Gasteiger charge is 2.38. The van der Waals surface area contributed by atoms with Crippen molar-refractivity contribution < 1.29 is 14.3 Å². The molecule has 2 unspecified atom stereocenters. The molecule has 0 aromatic heterocycles. The molecule has 2 atom stereocenters. The second-order valence-electron chi connectivity index (χ2n) is 6.77. The van der Waals surface area contributed by atoms with Gasteiger partial charge in [-0.15, -0.1) is 0 Å². The summed E-state index contributed by atoms with van der Waals surface area (Å²) in [5.74, 6) is 0. The monoisotopic (exact) mass is 305 g/mol. The van der Waals surface area contributed by atoms with Gasteiger partial charge in [-0.05, 0) is 39.2 Å². The Labute approximate surface area is 133 Å². The number of likely N-dealkylation sites (tertiary alicyclic amines) is 1. The third kappa shape index (κ3) is 4.47. The maximum Gasteiger partial charge on any atom is 0.410 e. The van der Waals surface area contributed by atoms with Crippen LogP contribution in [-0.2, 0) is 16.1 Å². The Hall–Kier alpha value is -1.55. The summed E-state index contributed by atoms with van der Waals surface area (Å²) in [6.45, 7) is 9.06. The van der Waals surface area contributed by atoms with Crippen molar-refractivity contribution in [1.29, 1.82) is 0 Å². The molecule has 0 N–H and O–H groups in total. The number of amides is 1. The molecule has 0 bridgehead atoms. The van der Waals surface area contributed by atoms with Gasteiger partial charge in [0, 0.05) is 6.54 Å². The van der Waals surface area contributed by atoms with Crippen LogP contribution in [0.3, 0.4) is 0 Å². The largest absolute Gasteiger partial charge is 0.444 e. The summed E-state index contributed by atoms with van der Waals surface area (Å²) in [5.41, 5.74) is 0.700. The molecule has 0 spiro atoms. The average molecular weight is 305 g/mol. The lowest BCUT2D eigenvalue weighted by atomic mass is 10.1. The third-order valence-electron chi connectivity index (χ3n) is 3.84. The molecule has 1 aliphatic rings. The Kier molecular flexibility index (Phi) is 5.46. The predicted molar refractivity (Wildman–Crippen MR) is 86.7 cm³/mol. The number of carbonyl (C=O) groups excluding carboxylic acids is 1. The Balaban J connectivity index is 1.93. The molecule has 0 aliphatic carbocycles. The minimum Gasteiger partial charge on any atom is -0.444 e. The van der Waals surface area contributed by atoms with Gasteiger partial charge in [-0.1, -0.05) is 37.3 Å². The highest BCUT2D eigenvalue weighted by atomic mass is 16.6.